The number of benzene rings is 2. The zero-order chi connectivity index (χ0) is 17.0. The van der Waals surface area contributed by atoms with Gasteiger partial charge in [0.25, 0.3) is 5.91 Å². The Morgan fingerprint density at radius 1 is 1.09 bits per heavy atom. The first-order valence-electron chi connectivity index (χ1n) is 6.25. The maximum Gasteiger partial charge on any atom is 0.255 e. The lowest BCUT2D eigenvalue weighted by Gasteiger charge is -2.09. The van der Waals surface area contributed by atoms with Gasteiger partial charge in [0, 0.05) is 24.4 Å². The third kappa shape index (κ3) is 4.11. The molecule has 0 saturated heterocycles. The fraction of sp³-hybridized carbons (Fsp3) is 0.0714. The Morgan fingerprint density at radius 3 is 2.43 bits per heavy atom. The number of nitrogens with one attached hydrogen (secondary N) is 1. The summed E-state index contributed by atoms with van der Waals surface area (Å²) in [5, 5.41) is 30.9. The minimum atomic E-state index is -1.93. The highest BCUT2D eigenvalue weighted by molar-refractivity contribution is 7.69. The van der Waals surface area contributed by atoms with Gasteiger partial charge in [-0.2, -0.15) is 0 Å². The highest BCUT2D eigenvalue weighted by Gasteiger charge is 2.10. The van der Waals surface area contributed by atoms with Crippen LogP contribution in [0.4, 0.5) is 11.4 Å². The molecule has 23 heavy (non-hydrogen) atoms. The lowest BCUT2D eigenvalue weighted by Crippen LogP contribution is -2.11. The van der Waals surface area contributed by atoms with Gasteiger partial charge in [-0.3, -0.25) is 4.79 Å². The summed E-state index contributed by atoms with van der Waals surface area (Å²) in [5.74, 6) is -1.57. The van der Waals surface area contributed by atoms with Gasteiger partial charge in [0.05, 0.1) is 5.69 Å². The van der Waals surface area contributed by atoms with E-state index < -0.39 is 16.8 Å². The molecule has 0 bridgehead atoms. The molecule has 0 aromatic heterocycles. The standard InChI is InChI=1S/C14H13N2O6S/c1-22-23(21)16-10-4-2-8(6-12(10)18)14(20)15-9-3-5-11(17)13(19)7-9/h2-7,17-19H,1H3,(H,15,20)/q-1. The number of rotatable bonds is 4. The Labute approximate surface area is 133 Å². The molecular weight excluding hydrogens is 324 g/mol. The number of hydrogen-bond donors (Lipinski definition) is 4. The van der Waals surface area contributed by atoms with E-state index in [4.69, 9.17) is 0 Å². The molecule has 0 aliphatic rings. The van der Waals surface area contributed by atoms with Gasteiger partial charge in [-0.1, -0.05) is 10.9 Å². The van der Waals surface area contributed by atoms with Crippen LogP contribution in [0.25, 0.3) is 0 Å². The van der Waals surface area contributed by atoms with Crippen molar-refractivity contribution in [1.29, 1.82) is 0 Å². The van der Waals surface area contributed by atoms with Gasteiger partial charge in [0.2, 0.25) is 0 Å². The second kappa shape index (κ2) is 6.99. The fourth-order valence-electron chi connectivity index (χ4n) is 1.66. The molecule has 2 aromatic carbocycles. The van der Waals surface area contributed by atoms with Gasteiger partial charge in [-0.15, -0.1) is 0 Å². The Morgan fingerprint density at radius 2 is 1.83 bits per heavy atom. The maximum atomic E-state index is 12.1. The molecule has 1 amide bonds. The molecule has 0 radical (unpaired) electrons. The number of nitrogens with zero attached hydrogens (tertiary/aromatic N) is 1. The summed E-state index contributed by atoms with van der Waals surface area (Å²) in [6.07, 6.45) is 0. The van der Waals surface area contributed by atoms with E-state index >= 15 is 0 Å². The summed E-state index contributed by atoms with van der Waals surface area (Å²) >= 11 is 0. The van der Waals surface area contributed by atoms with Crippen LogP contribution in [0.2, 0.25) is 0 Å². The average Bonchev–Trinajstić information content (AvgIpc) is 2.52. The predicted octanol–water partition coefficient (Wildman–Crippen LogP) is 2.40. The van der Waals surface area contributed by atoms with Crippen LogP contribution in [0.5, 0.6) is 17.2 Å². The molecule has 0 atom stereocenters. The second-order valence-corrected chi connectivity index (χ2v) is 5.29. The highest BCUT2D eigenvalue weighted by Crippen LogP contribution is 2.29. The van der Waals surface area contributed by atoms with Crippen molar-refractivity contribution in [3.63, 3.8) is 0 Å². The summed E-state index contributed by atoms with van der Waals surface area (Å²) < 4.78 is 19.2. The van der Waals surface area contributed by atoms with E-state index in [2.05, 4.69) is 13.9 Å². The van der Waals surface area contributed by atoms with E-state index in [0.29, 0.717) is 0 Å². The van der Waals surface area contributed by atoms with Crippen LogP contribution < -0.4 is 5.32 Å². The number of hydrogen-bond acceptors (Lipinski definition) is 8. The highest BCUT2D eigenvalue weighted by atomic mass is 32.2. The molecule has 0 heterocycles. The number of carbonyl (C=O) groups excluding carboxylic acids is 1. The molecule has 9 heteroatoms. The minimum absolute atomic E-state index is 0.0176. The van der Waals surface area contributed by atoms with E-state index in [1.54, 1.807) is 0 Å². The first kappa shape index (κ1) is 16.6. The van der Waals surface area contributed by atoms with Crippen LogP contribution >= 0.6 is 0 Å². The van der Waals surface area contributed by atoms with E-state index in [-0.39, 0.29) is 34.2 Å². The fourth-order valence-corrected chi connectivity index (χ4v) is 2.05. The molecule has 0 saturated carbocycles. The summed E-state index contributed by atoms with van der Waals surface area (Å²) in [5.41, 5.74) is 0.403. The van der Waals surface area contributed by atoms with Crippen molar-refractivity contribution in [2.24, 2.45) is 4.36 Å². The van der Waals surface area contributed by atoms with E-state index in [0.717, 1.165) is 6.07 Å². The zero-order valence-electron chi connectivity index (χ0n) is 11.9. The van der Waals surface area contributed by atoms with E-state index in [9.17, 15) is 24.3 Å². The van der Waals surface area contributed by atoms with Crippen LogP contribution in [-0.2, 0) is 19.3 Å². The third-order valence-corrected chi connectivity index (χ3v) is 3.42. The van der Waals surface area contributed by atoms with Crippen molar-refractivity contribution in [2.45, 2.75) is 0 Å². The first-order valence-corrected chi connectivity index (χ1v) is 7.28. The van der Waals surface area contributed by atoms with Gasteiger partial charge in [-0.25, -0.2) is 0 Å². The monoisotopic (exact) mass is 337 g/mol. The van der Waals surface area contributed by atoms with Crippen LogP contribution in [0.15, 0.2) is 40.8 Å². The normalized spacial score (nSPS) is 12.0. The van der Waals surface area contributed by atoms with Gasteiger partial charge in [-0.05, 0) is 30.3 Å². The van der Waals surface area contributed by atoms with Crippen molar-refractivity contribution in [3.05, 3.63) is 42.0 Å². The van der Waals surface area contributed by atoms with Gasteiger partial charge in [0.15, 0.2) is 11.5 Å². The maximum absolute atomic E-state index is 12.1. The van der Waals surface area contributed by atoms with Crippen molar-refractivity contribution < 1.29 is 28.5 Å². The van der Waals surface area contributed by atoms with E-state index in [1.165, 1.54) is 37.4 Å². The molecule has 0 unspecified atom stereocenters. The van der Waals surface area contributed by atoms with Gasteiger partial charge in [0.1, 0.15) is 5.75 Å². The summed E-state index contributed by atoms with van der Waals surface area (Å²) in [6, 6.07) is 7.65. The molecule has 0 spiro atoms. The number of anilines is 1. The molecule has 0 fully saturated rings. The molecule has 122 valence electrons. The second-order valence-electron chi connectivity index (χ2n) is 4.34. The first-order chi connectivity index (χ1) is 10.9. The van der Waals surface area contributed by atoms with Crippen molar-refractivity contribution in [3.8, 4) is 17.2 Å². The van der Waals surface area contributed by atoms with Crippen LogP contribution in [-0.4, -0.2) is 28.3 Å². The molecular formula is C14H13N2O6S-. The quantitative estimate of drug-likeness (QED) is 0.385. The Hall–Kier alpha value is -2.78. The molecule has 2 rings (SSSR count). The number of phenolic OH excluding ortho intramolecular Hbond substituents is 3. The molecule has 0 aliphatic carbocycles. The topological polar surface area (TPSA) is 128 Å². The van der Waals surface area contributed by atoms with Crippen LogP contribution in [0.3, 0.4) is 0 Å². The van der Waals surface area contributed by atoms with Gasteiger partial charge >= 0.3 is 0 Å². The number of carbonyl (C=O) groups is 1. The molecule has 0 aliphatic heterocycles. The van der Waals surface area contributed by atoms with Crippen molar-refractivity contribution in [1.82, 2.24) is 0 Å². The number of aromatic hydroxyl groups is 3. The van der Waals surface area contributed by atoms with E-state index in [1.807, 2.05) is 0 Å². The van der Waals surface area contributed by atoms with Crippen molar-refractivity contribution in [2.75, 3.05) is 12.4 Å². The SMILES string of the molecule is CO[S-](=O)=Nc1ccc(C(=O)Nc2ccc(O)c(O)c2)cc1O. The summed E-state index contributed by atoms with van der Waals surface area (Å²) in [4.78, 5) is 12.1. The lowest BCUT2D eigenvalue weighted by atomic mass is 10.1. The zero-order valence-corrected chi connectivity index (χ0v) is 12.7. The predicted molar refractivity (Wildman–Crippen MR) is 83.0 cm³/mol. The van der Waals surface area contributed by atoms with Crippen molar-refractivity contribution >= 4 is 28.2 Å². The Balaban J connectivity index is 2.21. The molecule has 2 aromatic rings. The summed E-state index contributed by atoms with van der Waals surface area (Å²) in [6.45, 7) is 0. The third-order valence-electron chi connectivity index (χ3n) is 2.79. The van der Waals surface area contributed by atoms with Gasteiger partial charge < -0.3 is 33.4 Å². The minimum Gasteiger partial charge on any atom is -0.506 e. The molecule has 4 N–H and O–H groups in total. The number of amides is 1. The smallest absolute Gasteiger partial charge is 0.255 e. The largest absolute Gasteiger partial charge is 0.506 e. The van der Waals surface area contributed by atoms with Crippen LogP contribution in [0, 0.1) is 0 Å². The Bertz CT molecular complexity index is 830. The lowest BCUT2D eigenvalue weighted by molar-refractivity contribution is 0.102. The average molecular weight is 337 g/mol. The Kier molecular flexibility index (Phi) is 5.04. The summed E-state index contributed by atoms with van der Waals surface area (Å²) in [7, 11) is -0.729. The van der Waals surface area contributed by atoms with Crippen LogP contribution in [0.1, 0.15) is 10.4 Å². The number of phenols is 3. The molecule has 8 nitrogen and oxygen atoms in total.